The number of benzene rings is 1. The fraction of sp³-hybridized carbons (Fsp3) is 0.333. The zero-order chi connectivity index (χ0) is 15.1. The van der Waals surface area contributed by atoms with Crippen LogP contribution in [0, 0.1) is 0 Å². The fourth-order valence-corrected chi connectivity index (χ4v) is 1.72. The van der Waals surface area contributed by atoms with Gasteiger partial charge >= 0.3 is 0 Å². The second kappa shape index (κ2) is 7.44. The Morgan fingerprint density at radius 2 is 1.86 bits per heavy atom. The largest absolute Gasteiger partial charge is 0.494 e. The first-order valence-electron chi connectivity index (χ1n) is 6.83. The van der Waals surface area contributed by atoms with E-state index in [0.29, 0.717) is 43.1 Å². The predicted octanol–water partition coefficient (Wildman–Crippen LogP) is 2.79. The number of nitrogens with zero attached hydrogens (tertiary/aromatic N) is 2. The van der Waals surface area contributed by atoms with Gasteiger partial charge in [0.25, 0.3) is 0 Å². The summed E-state index contributed by atoms with van der Waals surface area (Å²) in [5.74, 6) is 2.59. The van der Waals surface area contributed by atoms with Gasteiger partial charge in [-0.2, -0.15) is 4.98 Å². The molecule has 0 unspecified atom stereocenters. The van der Waals surface area contributed by atoms with E-state index < -0.39 is 0 Å². The van der Waals surface area contributed by atoms with E-state index in [4.69, 9.17) is 19.9 Å². The van der Waals surface area contributed by atoms with Gasteiger partial charge in [-0.15, -0.1) is 0 Å². The van der Waals surface area contributed by atoms with E-state index in [2.05, 4.69) is 9.97 Å². The van der Waals surface area contributed by atoms with Crippen LogP contribution in [0.3, 0.4) is 0 Å². The minimum atomic E-state index is 0.302. The Bertz CT molecular complexity index is 590. The van der Waals surface area contributed by atoms with E-state index in [1.54, 1.807) is 12.1 Å². The second-order valence-corrected chi connectivity index (χ2v) is 4.19. The van der Waals surface area contributed by atoms with Gasteiger partial charge in [-0.05, 0) is 26.0 Å². The molecule has 21 heavy (non-hydrogen) atoms. The van der Waals surface area contributed by atoms with Crippen molar-refractivity contribution >= 4 is 5.82 Å². The van der Waals surface area contributed by atoms with Crippen LogP contribution in [-0.4, -0.2) is 23.2 Å². The lowest BCUT2D eigenvalue weighted by Crippen LogP contribution is -2.03. The lowest BCUT2D eigenvalue weighted by atomic mass is 10.3. The summed E-state index contributed by atoms with van der Waals surface area (Å²) in [6.45, 7) is 5.33. The molecule has 0 atom stereocenters. The van der Waals surface area contributed by atoms with Crippen LogP contribution in [0.4, 0.5) is 5.82 Å². The zero-order valence-corrected chi connectivity index (χ0v) is 12.2. The number of aromatic nitrogens is 2. The van der Waals surface area contributed by atoms with E-state index in [1.165, 1.54) is 0 Å². The van der Waals surface area contributed by atoms with Gasteiger partial charge < -0.3 is 19.9 Å². The summed E-state index contributed by atoms with van der Waals surface area (Å²) in [6.07, 6.45) is 0. The van der Waals surface area contributed by atoms with Crippen molar-refractivity contribution in [2.75, 3.05) is 18.9 Å². The molecule has 0 saturated carbocycles. The minimum Gasteiger partial charge on any atom is -0.494 e. The molecule has 0 bridgehead atoms. The molecule has 2 rings (SSSR count). The average molecular weight is 289 g/mol. The van der Waals surface area contributed by atoms with Crippen LogP contribution in [0.15, 0.2) is 30.3 Å². The quantitative estimate of drug-likeness (QED) is 0.844. The third-order valence-electron chi connectivity index (χ3n) is 2.54. The van der Waals surface area contributed by atoms with Crippen molar-refractivity contribution < 1.29 is 14.2 Å². The van der Waals surface area contributed by atoms with Crippen LogP contribution in [0.1, 0.15) is 19.7 Å². The van der Waals surface area contributed by atoms with Crippen LogP contribution in [0.2, 0.25) is 0 Å². The molecule has 1 aromatic carbocycles. The highest BCUT2D eigenvalue weighted by Gasteiger charge is 2.06. The maximum atomic E-state index is 5.75. The number of anilines is 1. The molecule has 2 aromatic rings. The summed E-state index contributed by atoms with van der Waals surface area (Å²) < 4.78 is 16.4. The van der Waals surface area contributed by atoms with Crippen LogP contribution >= 0.6 is 0 Å². The first kappa shape index (κ1) is 15.1. The molecule has 6 heteroatoms. The molecule has 1 heterocycles. The molecular weight excluding hydrogens is 270 g/mol. The van der Waals surface area contributed by atoms with Gasteiger partial charge in [0, 0.05) is 18.7 Å². The molecule has 0 aliphatic carbocycles. The monoisotopic (exact) mass is 289 g/mol. The number of hydrogen-bond acceptors (Lipinski definition) is 6. The van der Waals surface area contributed by atoms with Crippen LogP contribution in [0.5, 0.6) is 17.4 Å². The Morgan fingerprint density at radius 3 is 2.62 bits per heavy atom. The SMILES string of the molecule is CCOCc1nc(N)cc(Oc2cccc(OCC)c2)n1. The Kier molecular flexibility index (Phi) is 5.34. The summed E-state index contributed by atoms with van der Waals surface area (Å²) in [5.41, 5.74) is 5.75. The van der Waals surface area contributed by atoms with E-state index >= 15 is 0 Å². The molecule has 0 saturated heterocycles. The van der Waals surface area contributed by atoms with Gasteiger partial charge in [-0.3, -0.25) is 0 Å². The first-order valence-corrected chi connectivity index (χ1v) is 6.83. The van der Waals surface area contributed by atoms with E-state index in [1.807, 2.05) is 32.0 Å². The van der Waals surface area contributed by atoms with Gasteiger partial charge in [-0.25, -0.2) is 4.98 Å². The van der Waals surface area contributed by atoms with Crippen molar-refractivity contribution in [3.63, 3.8) is 0 Å². The summed E-state index contributed by atoms with van der Waals surface area (Å²) >= 11 is 0. The lowest BCUT2D eigenvalue weighted by Gasteiger charge is -2.09. The molecule has 0 spiro atoms. The van der Waals surface area contributed by atoms with Crippen LogP contribution in [0.25, 0.3) is 0 Å². The Morgan fingerprint density at radius 1 is 1.05 bits per heavy atom. The predicted molar refractivity (Wildman–Crippen MR) is 79.5 cm³/mol. The topological polar surface area (TPSA) is 79.5 Å². The molecule has 0 amide bonds. The van der Waals surface area contributed by atoms with Crippen molar-refractivity contribution in [2.24, 2.45) is 0 Å². The smallest absolute Gasteiger partial charge is 0.224 e. The summed E-state index contributed by atoms with van der Waals surface area (Å²) in [6, 6.07) is 8.91. The van der Waals surface area contributed by atoms with Gasteiger partial charge in [0.1, 0.15) is 23.9 Å². The zero-order valence-electron chi connectivity index (χ0n) is 12.2. The van der Waals surface area contributed by atoms with Crippen molar-refractivity contribution in [3.05, 3.63) is 36.2 Å². The van der Waals surface area contributed by atoms with Crippen LogP contribution in [-0.2, 0) is 11.3 Å². The molecule has 0 radical (unpaired) electrons. The molecule has 2 N–H and O–H groups in total. The number of ether oxygens (including phenoxy) is 3. The van der Waals surface area contributed by atoms with E-state index in [-0.39, 0.29) is 0 Å². The third kappa shape index (κ3) is 4.61. The number of hydrogen-bond donors (Lipinski definition) is 1. The molecule has 1 aromatic heterocycles. The normalized spacial score (nSPS) is 10.4. The van der Waals surface area contributed by atoms with E-state index in [9.17, 15) is 0 Å². The maximum absolute atomic E-state index is 5.75. The molecular formula is C15H19N3O3. The average Bonchev–Trinajstić information content (AvgIpc) is 2.45. The van der Waals surface area contributed by atoms with Gasteiger partial charge in [0.05, 0.1) is 6.61 Å². The van der Waals surface area contributed by atoms with Gasteiger partial charge in [0.15, 0.2) is 5.82 Å². The third-order valence-corrected chi connectivity index (χ3v) is 2.54. The van der Waals surface area contributed by atoms with Gasteiger partial charge in [-0.1, -0.05) is 6.07 Å². The van der Waals surface area contributed by atoms with Crippen molar-refractivity contribution in [1.29, 1.82) is 0 Å². The highest BCUT2D eigenvalue weighted by atomic mass is 16.5. The standard InChI is InChI=1S/C15H19N3O3/c1-3-19-10-14-17-13(16)9-15(18-14)21-12-7-5-6-11(8-12)20-4-2/h5-9H,3-4,10H2,1-2H3,(H2,16,17,18). The molecule has 0 aliphatic rings. The number of rotatable bonds is 7. The second-order valence-electron chi connectivity index (χ2n) is 4.19. The first-order chi connectivity index (χ1) is 10.2. The number of nitrogen functional groups attached to an aromatic ring is 1. The number of nitrogens with two attached hydrogens (primary N) is 1. The summed E-state index contributed by atoms with van der Waals surface area (Å²) in [4.78, 5) is 8.36. The Labute approximate surface area is 123 Å². The molecule has 0 aliphatic heterocycles. The van der Waals surface area contributed by atoms with E-state index in [0.717, 1.165) is 5.75 Å². The van der Waals surface area contributed by atoms with Crippen molar-refractivity contribution in [3.8, 4) is 17.4 Å². The Hall–Kier alpha value is -2.34. The fourth-order valence-electron chi connectivity index (χ4n) is 1.72. The summed E-state index contributed by atoms with van der Waals surface area (Å²) in [7, 11) is 0. The highest BCUT2D eigenvalue weighted by molar-refractivity contribution is 5.38. The molecule has 112 valence electrons. The highest BCUT2D eigenvalue weighted by Crippen LogP contribution is 2.25. The van der Waals surface area contributed by atoms with Crippen LogP contribution < -0.4 is 15.2 Å². The lowest BCUT2D eigenvalue weighted by molar-refractivity contribution is 0.128. The van der Waals surface area contributed by atoms with Gasteiger partial charge in [0.2, 0.25) is 5.88 Å². The Balaban J connectivity index is 2.14. The van der Waals surface area contributed by atoms with Crippen molar-refractivity contribution in [1.82, 2.24) is 9.97 Å². The molecule has 6 nitrogen and oxygen atoms in total. The maximum Gasteiger partial charge on any atom is 0.224 e. The summed E-state index contributed by atoms with van der Waals surface area (Å²) in [5, 5.41) is 0. The minimum absolute atomic E-state index is 0.302. The van der Waals surface area contributed by atoms with Crippen molar-refractivity contribution in [2.45, 2.75) is 20.5 Å². The molecule has 0 fully saturated rings.